The van der Waals surface area contributed by atoms with E-state index in [1.807, 2.05) is 0 Å². The van der Waals surface area contributed by atoms with Crippen LogP contribution in [0, 0.1) is 0 Å². The van der Waals surface area contributed by atoms with Crippen LogP contribution in [0.5, 0.6) is 5.75 Å². The Balaban J connectivity index is 2.15. The number of hydrogen-bond donors (Lipinski definition) is 2. The number of carbonyl (C=O) groups is 2. The number of rotatable bonds is 5. The lowest BCUT2D eigenvalue weighted by molar-refractivity contribution is 0.0696. The predicted molar refractivity (Wildman–Crippen MR) is 84.2 cm³/mol. The number of carbonyl (C=O) groups excluding carboxylic acids is 1. The minimum Gasteiger partial charge on any atom is -0.508 e. The van der Waals surface area contributed by atoms with Crippen LogP contribution in [-0.2, 0) is 6.42 Å². The molecular weight excluding hydrogens is 327 g/mol. The molecule has 0 spiro atoms. The molecule has 0 amide bonds. The number of halogens is 2. The van der Waals surface area contributed by atoms with Crippen molar-refractivity contribution < 1.29 is 19.8 Å². The molecule has 2 rings (SSSR count). The summed E-state index contributed by atoms with van der Waals surface area (Å²) >= 11 is 11.7. The molecule has 0 aliphatic rings. The first-order chi connectivity index (χ1) is 10.4. The molecule has 0 radical (unpaired) electrons. The van der Waals surface area contributed by atoms with Crippen molar-refractivity contribution in [1.82, 2.24) is 0 Å². The van der Waals surface area contributed by atoms with Crippen LogP contribution in [0.25, 0.3) is 0 Å². The van der Waals surface area contributed by atoms with Gasteiger partial charge in [0.15, 0.2) is 5.78 Å². The van der Waals surface area contributed by atoms with Crippen LogP contribution < -0.4 is 0 Å². The number of carboxylic acids is 1. The van der Waals surface area contributed by atoms with Gasteiger partial charge in [-0.3, -0.25) is 4.79 Å². The lowest BCUT2D eigenvalue weighted by Gasteiger charge is -2.07. The van der Waals surface area contributed by atoms with Crippen LogP contribution in [0.4, 0.5) is 0 Å². The van der Waals surface area contributed by atoms with Crippen molar-refractivity contribution in [3.63, 3.8) is 0 Å². The van der Waals surface area contributed by atoms with E-state index in [1.54, 1.807) is 24.3 Å². The fraction of sp³-hybridized carbons (Fsp3) is 0.125. The van der Waals surface area contributed by atoms with E-state index >= 15 is 0 Å². The summed E-state index contributed by atoms with van der Waals surface area (Å²) in [5.41, 5.74) is 0.876. The highest BCUT2D eigenvalue weighted by Gasteiger charge is 2.17. The van der Waals surface area contributed by atoms with Crippen molar-refractivity contribution >= 4 is 35.0 Å². The van der Waals surface area contributed by atoms with Gasteiger partial charge in [0, 0.05) is 12.0 Å². The number of aryl methyl sites for hydroxylation is 1. The second-order valence-corrected chi connectivity index (χ2v) is 5.53. The molecule has 2 N–H and O–H groups in total. The van der Waals surface area contributed by atoms with Gasteiger partial charge >= 0.3 is 5.97 Å². The number of aromatic carboxylic acids is 1. The number of carboxylic acid groups (broad SMARTS) is 1. The summed E-state index contributed by atoms with van der Waals surface area (Å²) in [5, 5.41) is 18.2. The molecule has 2 aromatic carbocycles. The highest BCUT2D eigenvalue weighted by molar-refractivity contribution is 6.39. The van der Waals surface area contributed by atoms with Crippen LogP contribution in [0.2, 0.25) is 10.0 Å². The highest BCUT2D eigenvalue weighted by Crippen LogP contribution is 2.27. The number of benzene rings is 2. The van der Waals surface area contributed by atoms with Crippen molar-refractivity contribution in [3.8, 4) is 5.75 Å². The Labute approximate surface area is 136 Å². The van der Waals surface area contributed by atoms with Gasteiger partial charge in [-0.05, 0) is 36.2 Å². The minimum atomic E-state index is -1.24. The Morgan fingerprint density at radius 1 is 1.05 bits per heavy atom. The first kappa shape index (κ1) is 16.3. The van der Waals surface area contributed by atoms with Crippen LogP contribution in [-0.4, -0.2) is 22.0 Å². The fourth-order valence-corrected chi connectivity index (χ4v) is 2.70. The molecule has 0 saturated carbocycles. The van der Waals surface area contributed by atoms with E-state index in [2.05, 4.69) is 0 Å². The Morgan fingerprint density at radius 3 is 2.23 bits per heavy atom. The Bertz CT molecular complexity index is 718. The van der Waals surface area contributed by atoms with Crippen LogP contribution >= 0.6 is 23.2 Å². The van der Waals surface area contributed by atoms with E-state index < -0.39 is 5.97 Å². The topological polar surface area (TPSA) is 74.6 Å². The Kier molecular flexibility index (Phi) is 5.06. The highest BCUT2D eigenvalue weighted by atomic mass is 35.5. The molecule has 0 atom stereocenters. The lowest BCUT2D eigenvalue weighted by Crippen LogP contribution is -2.05. The van der Waals surface area contributed by atoms with Crippen molar-refractivity contribution in [1.29, 1.82) is 0 Å². The van der Waals surface area contributed by atoms with Crippen LogP contribution in [0.3, 0.4) is 0 Å². The lowest BCUT2D eigenvalue weighted by atomic mass is 10.0. The van der Waals surface area contributed by atoms with Crippen LogP contribution in [0.1, 0.15) is 32.7 Å². The molecule has 2 aromatic rings. The molecule has 4 nitrogen and oxygen atoms in total. The monoisotopic (exact) mass is 338 g/mol. The molecule has 0 bridgehead atoms. The van der Waals surface area contributed by atoms with E-state index in [1.165, 1.54) is 12.1 Å². The summed E-state index contributed by atoms with van der Waals surface area (Å²) in [6.07, 6.45) is 0.645. The maximum absolute atomic E-state index is 12.2. The molecule has 0 heterocycles. The fourth-order valence-electron chi connectivity index (χ4n) is 2.05. The zero-order valence-corrected chi connectivity index (χ0v) is 12.9. The van der Waals surface area contributed by atoms with E-state index in [4.69, 9.17) is 28.3 Å². The molecule has 114 valence electrons. The Morgan fingerprint density at radius 2 is 1.68 bits per heavy atom. The third kappa shape index (κ3) is 3.78. The molecule has 0 aromatic heterocycles. The molecule has 0 saturated heterocycles. The van der Waals surface area contributed by atoms with E-state index in [0.717, 1.165) is 5.56 Å². The van der Waals surface area contributed by atoms with E-state index in [-0.39, 0.29) is 39.1 Å². The molecule has 0 aliphatic heterocycles. The number of ketones is 1. The summed E-state index contributed by atoms with van der Waals surface area (Å²) in [6.45, 7) is 0. The van der Waals surface area contributed by atoms with Gasteiger partial charge in [-0.2, -0.15) is 0 Å². The zero-order valence-electron chi connectivity index (χ0n) is 11.3. The third-order valence-electron chi connectivity index (χ3n) is 3.13. The minimum absolute atomic E-state index is 0.0688. The summed E-state index contributed by atoms with van der Waals surface area (Å²) in [4.78, 5) is 23.2. The molecule has 0 aliphatic carbocycles. The molecule has 0 fully saturated rings. The van der Waals surface area contributed by atoms with E-state index in [9.17, 15) is 14.7 Å². The van der Waals surface area contributed by atoms with Gasteiger partial charge in [-0.1, -0.05) is 35.3 Å². The summed E-state index contributed by atoms with van der Waals surface area (Å²) in [5.74, 6) is -1.31. The molecule has 0 unspecified atom stereocenters. The number of aromatic hydroxyl groups is 1. The van der Waals surface area contributed by atoms with Gasteiger partial charge in [0.1, 0.15) is 5.75 Å². The van der Waals surface area contributed by atoms with Crippen molar-refractivity contribution in [2.45, 2.75) is 12.8 Å². The van der Waals surface area contributed by atoms with Gasteiger partial charge in [-0.15, -0.1) is 0 Å². The maximum atomic E-state index is 12.2. The number of phenolic OH excluding ortho intramolecular Hbond substituents is 1. The van der Waals surface area contributed by atoms with Gasteiger partial charge in [0.2, 0.25) is 0 Å². The second-order valence-electron chi connectivity index (χ2n) is 4.71. The number of hydrogen-bond acceptors (Lipinski definition) is 3. The smallest absolute Gasteiger partial charge is 0.338 e. The standard InChI is InChI=1S/C16H12Cl2O4/c17-12-7-10(8-13(18)15(12)16(21)22)14(20)5-4-9-2-1-3-11(19)6-9/h1-3,6-8,19H,4-5H2,(H,21,22). The van der Waals surface area contributed by atoms with Gasteiger partial charge in [0.25, 0.3) is 0 Å². The third-order valence-corrected chi connectivity index (χ3v) is 3.73. The average molecular weight is 339 g/mol. The summed E-state index contributed by atoms with van der Waals surface area (Å²) in [7, 11) is 0. The zero-order chi connectivity index (χ0) is 16.3. The summed E-state index contributed by atoms with van der Waals surface area (Å²) < 4.78 is 0. The first-order valence-electron chi connectivity index (χ1n) is 6.42. The van der Waals surface area contributed by atoms with Gasteiger partial charge in [-0.25, -0.2) is 4.79 Å². The van der Waals surface area contributed by atoms with Gasteiger partial charge in [0.05, 0.1) is 15.6 Å². The molecular formula is C16H12Cl2O4. The number of phenols is 1. The van der Waals surface area contributed by atoms with Crippen molar-refractivity contribution in [3.05, 3.63) is 63.1 Å². The largest absolute Gasteiger partial charge is 0.508 e. The average Bonchev–Trinajstić information content (AvgIpc) is 2.43. The molecule has 6 heteroatoms. The number of Topliss-reactive ketones (excluding diaryl/α,β-unsaturated/α-hetero) is 1. The first-order valence-corrected chi connectivity index (χ1v) is 7.17. The normalized spacial score (nSPS) is 10.5. The summed E-state index contributed by atoms with van der Waals surface area (Å²) in [6, 6.07) is 9.25. The van der Waals surface area contributed by atoms with Crippen molar-refractivity contribution in [2.75, 3.05) is 0 Å². The predicted octanol–water partition coefficient (Wildman–Crippen LogP) is 4.21. The molecule has 22 heavy (non-hydrogen) atoms. The second kappa shape index (κ2) is 6.81. The van der Waals surface area contributed by atoms with Crippen molar-refractivity contribution in [2.24, 2.45) is 0 Å². The van der Waals surface area contributed by atoms with Crippen LogP contribution in [0.15, 0.2) is 36.4 Å². The quantitative estimate of drug-likeness (QED) is 0.800. The van der Waals surface area contributed by atoms with Gasteiger partial charge < -0.3 is 10.2 Å². The Hall–Kier alpha value is -2.04. The maximum Gasteiger partial charge on any atom is 0.338 e. The SMILES string of the molecule is O=C(CCc1cccc(O)c1)c1cc(Cl)c(C(=O)O)c(Cl)c1. The van der Waals surface area contributed by atoms with E-state index in [0.29, 0.717) is 6.42 Å².